The molecule has 7 heteroatoms. The molecular formula is C26H28FNO5. The lowest BCUT2D eigenvalue weighted by molar-refractivity contribution is -0.0814. The first-order valence-corrected chi connectivity index (χ1v) is 10.7. The Morgan fingerprint density at radius 2 is 1.33 bits per heavy atom. The third kappa shape index (κ3) is 4.45. The molecular weight excluding hydrogens is 425 g/mol. The lowest BCUT2D eigenvalue weighted by Crippen LogP contribution is -2.39. The molecule has 1 aliphatic heterocycles. The molecule has 0 unspecified atom stereocenters. The van der Waals surface area contributed by atoms with Gasteiger partial charge < -0.3 is 29.8 Å². The summed E-state index contributed by atoms with van der Waals surface area (Å²) in [5.74, 6) is 1.41. The van der Waals surface area contributed by atoms with E-state index in [0.717, 1.165) is 16.7 Å². The Labute approximate surface area is 192 Å². The quantitative estimate of drug-likeness (QED) is 0.509. The zero-order valence-electron chi connectivity index (χ0n) is 18.6. The molecule has 0 aliphatic carbocycles. The number of alkyl halides is 1. The predicted molar refractivity (Wildman–Crippen MR) is 122 cm³/mol. The number of aliphatic hydroxyl groups is 1. The van der Waals surface area contributed by atoms with E-state index in [1.165, 1.54) is 0 Å². The molecule has 0 spiro atoms. The lowest BCUT2D eigenvalue weighted by atomic mass is 9.80. The minimum absolute atomic E-state index is 0.0811. The van der Waals surface area contributed by atoms with Crippen molar-refractivity contribution < 1.29 is 28.4 Å². The molecule has 1 saturated heterocycles. The highest BCUT2D eigenvalue weighted by Crippen LogP contribution is 2.42. The van der Waals surface area contributed by atoms with E-state index in [-0.39, 0.29) is 6.61 Å². The maximum atomic E-state index is 14.1. The molecule has 3 aromatic rings. The van der Waals surface area contributed by atoms with Gasteiger partial charge in [0.2, 0.25) is 0 Å². The van der Waals surface area contributed by atoms with Crippen molar-refractivity contribution >= 4 is 0 Å². The first-order valence-electron chi connectivity index (χ1n) is 10.7. The van der Waals surface area contributed by atoms with Gasteiger partial charge in [0.15, 0.2) is 6.17 Å². The summed E-state index contributed by atoms with van der Waals surface area (Å²) >= 11 is 0. The van der Waals surface area contributed by atoms with Crippen LogP contribution in [-0.2, 0) is 15.1 Å². The predicted octanol–water partition coefficient (Wildman–Crippen LogP) is 3.39. The standard InChI is InChI=1S/C26H28FNO5/c1-30-20-12-8-18(9-13-20)26(17-6-4-3-5-7-17,19-10-14-21(31-2)15-11-19)32-16-22-24(29)23(27)25(28)33-22/h3-15,22-25,29H,16,28H2,1-2H3/t22-,23-,24-,25-/m1/s1. The molecule has 174 valence electrons. The van der Waals surface area contributed by atoms with E-state index in [1.807, 2.05) is 78.9 Å². The molecule has 1 heterocycles. The summed E-state index contributed by atoms with van der Waals surface area (Å²) in [5.41, 5.74) is 7.08. The van der Waals surface area contributed by atoms with Gasteiger partial charge in [0.05, 0.1) is 20.8 Å². The number of methoxy groups -OCH3 is 2. The largest absolute Gasteiger partial charge is 0.497 e. The van der Waals surface area contributed by atoms with Gasteiger partial charge in [0.25, 0.3) is 0 Å². The summed E-state index contributed by atoms with van der Waals surface area (Å²) in [6, 6.07) is 24.8. The number of hydrogen-bond donors (Lipinski definition) is 2. The Bertz CT molecular complexity index is 981. The first-order chi connectivity index (χ1) is 16.0. The first kappa shape index (κ1) is 23.2. The Morgan fingerprint density at radius 3 is 1.76 bits per heavy atom. The van der Waals surface area contributed by atoms with Crippen molar-refractivity contribution in [3.63, 3.8) is 0 Å². The van der Waals surface area contributed by atoms with Gasteiger partial charge in [-0.3, -0.25) is 0 Å². The third-order valence-corrected chi connectivity index (χ3v) is 5.99. The van der Waals surface area contributed by atoms with Crippen LogP contribution in [0.15, 0.2) is 78.9 Å². The Kier molecular flexibility index (Phi) is 6.95. The van der Waals surface area contributed by atoms with Crippen molar-refractivity contribution in [2.75, 3.05) is 20.8 Å². The van der Waals surface area contributed by atoms with Crippen LogP contribution >= 0.6 is 0 Å². The number of rotatable bonds is 8. The Morgan fingerprint density at radius 1 is 0.848 bits per heavy atom. The Hall–Kier alpha value is -2.97. The van der Waals surface area contributed by atoms with Gasteiger partial charge in [-0.05, 0) is 41.0 Å². The molecule has 1 fully saturated rings. The molecule has 3 N–H and O–H groups in total. The Balaban J connectivity index is 1.83. The van der Waals surface area contributed by atoms with Crippen molar-refractivity contribution in [2.24, 2.45) is 5.73 Å². The van der Waals surface area contributed by atoms with Crippen LogP contribution in [0.5, 0.6) is 11.5 Å². The normalized spacial score (nSPS) is 22.8. The topological polar surface area (TPSA) is 83.2 Å². The van der Waals surface area contributed by atoms with Crippen LogP contribution < -0.4 is 15.2 Å². The van der Waals surface area contributed by atoms with Crippen molar-refractivity contribution in [2.45, 2.75) is 30.2 Å². The average molecular weight is 454 g/mol. The van der Waals surface area contributed by atoms with E-state index in [4.69, 9.17) is 24.7 Å². The van der Waals surface area contributed by atoms with Crippen LogP contribution in [0.1, 0.15) is 16.7 Å². The number of aliphatic hydroxyl groups excluding tert-OH is 1. The molecule has 0 radical (unpaired) electrons. The van der Waals surface area contributed by atoms with Gasteiger partial charge >= 0.3 is 0 Å². The molecule has 0 amide bonds. The van der Waals surface area contributed by atoms with Gasteiger partial charge in [-0.15, -0.1) is 0 Å². The molecule has 1 aliphatic rings. The van der Waals surface area contributed by atoms with E-state index in [2.05, 4.69) is 0 Å². The van der Waals surface area contributed by atoms with Gasteiger partial charge in [-0.1, -0.05) is 54.6 Å². The van der Waals surface area contributed by atoms with Crippen LogP contribution in [0.3, 0.4) is 0 Å². The SMILES string of the molecule is COc1ccc(C(OC[C@H]2O[C@@H](N)[C@H](F)[C@@H]2O)(c2ccccc2)c2ccc(OC)cc2)cc1. The number of ether oxygens (including phenoxy) is 4. The molecule has 6 nitrogen and oxygen atoms in total. The van der Waals surface area contributed by atoms with E-state index < -0.39 is 30.2 Å². The van der Waals surface area contributed by atoms with Gasteiger partial charge in [0, 0.05) is 0 Å². The van der Waals surface area contributed by atoms with Crippen LogP contribution in [-0.4, -0.2) is 50.5 Å². The van der Waals surface area contributed by atoms with Crippen molar-refractivity contribution in [3.05, 3.63) is 95.6 Å². The van der Waals surface area contributed by atoms with Crippen molar-refractivity contribution in [1.29, 1.82) is 0 Å². The van der Waals surface area contributed by atoms with Crippen LogP contribution in [0.25, 0.3) is 0 Å². The summed E-state index contributed by atoms with van der Waals surface area (Å²) in [5, 5.41) is 10.3. The fourth-order valence-corrected chi connectivity index (χ4v) is 4.18. The fraction of sp³-hybridized carbons (Fsp3) is 0.308. The lowest BCUT2D eigenvalue weighted by Gasteiger charge is -2.37. The second-order valence-corrected chi connectivity index (χ2v) is 7.89. The highest BCUT2D eigenvalue weighted by atomic mass is 19.1. The van der Waals surface area contributed by atoms with Crippen molar-refractivity contribution in [1.82, 2.24) is 0 Å². The van der Waals surface area contributed by atoms with Crippen LogP contribution in [0, 0.1) is 0 Å². The minimum Gasteiger partial charge on any atom is -0.497 e. The van der Waals surface area contributed by atoms with E-state index in [9.17, 15) is 9.50 Å². The smallest absolute Gasteiger partial charge is 0.168 e. The third-order valence-electron chi connectivity index (χ3n) is 5.99. The molecule has 33 heavy (non-hydrogen) atoms. The summed E-state index contributed by atoms with van der Waals surface area (Å²) in [7, 11) is 3.21. The highest BCUT2D eigenvalue weighted by Gasteiger charge is 2.45. The van der Waals surface area contributed by atoms with E-state index in [0.29, 0.717) is 11.5 Å². The number of halogens is 1. The van der Waals surface area contributed by atoms with Gasteiger partial charge in [-0.2, -0.15) is 0 Å². The number of benzene rings is 3. The van der Waals surface area contributed by atoms with Gasteiger partial charge in [0.1, 0.15) is 35.5 Å². The second-order valence-electron chi connectivity index (χ2n) is 7.89. The number of nitrogens with two attached hydrogens (primary N) is 1. The zero-order valence-corrected chi connectivity index (χ0v) is 18.6. The zero-order chi connectivity index (χ0) is 23.4. The fourth-order valence-electron chi connectivity index (χ4n) is 4.18. The number of hydrogen-bond acceptors (Lipinski definition) is 6. The second kappa shape index (κ2) is 9.89. The van der Waals surface area contributed by atoms with Crippen molar-refractivity contribution in [3.8, 4) is 11.5 Å². The highest BCUT2D eigenvalue weighted by molar-refractivity contribution is 5.49. The summed E-state index contributed by atoms with van der Waals surface area (Å²) < 4.78 is 36.9. The average Bonchev–Trinajstić information content (AvgIpc) is 3.12. The molecule has 3 aromatic carbocycles. The van der Waals surface area contributed by atoms with Gasteiger partial charge in [-0.25, -0.2) is 4.39 Å². The minimum atomic E-state index is -1.67. The molecule has 0 saturated carbocycles. The summed E-state index contributed by atoms with van der Waals surface area (Å²) in [4.78, 5) is 0. The van der Waals surface area contributed by atoms with E-state index in [1.54, 1.807) is 14.2 Å². The van der Waals surface area contributed by atoms with Crippen LogP contribution in [0.4, 0.5) is 4.39 Å². The van der Waals surface area contributed by atoms with Crippen LogP contribution in [0.2, 0.25) is 0 Å². The maximum absolute atomic E-state index is 14.1. The summed E-state index contributed by atoms with van der Waals surface area (Å²) in [6.07, 6.45) is -5.15. The monoisotopic (exact) mass is 453 g/mol. The van der Waals surface area contributed by atoms with E-state index >= 15 is 0 Å². The molecule has 0 bridgehead atoms. The molecule has 4 rings (SSSR count). The maximum Gasteiger partial charge on any atom is 0.168 e. The molecule has 4 atom stereocenters. The summed E-state index contributed by atoms with van der Waals surface area (Å²) in [6.45, 7) is -0.0811. The molecule has 0 aromatic heterocycles.